The maximum absolute atomic E-state index is 11.7. The van der Waals surface area contributed by atoms with Crippen LogP contribution in [0.3, 0.4) is 0 Å². The Morgan fingerprint density at radius 2 is 0.660 bits per heavy atom. The molecular weight excluding hydrogens is 612 g/mol. The molecule has 0 radical (unpaired) electrons. The number of morpholine rings is 1. The summed E-state index contributed by atoms with van der Waals surface area (Å²) in [5.74, 6) is 3.33. The molecule has 0 atom stereocenters. The van der Waals surface area contributed by atoms with Crippen LogP contribution >= 0.6 is 11.8 Å². The number of carbonyl (C=O) groups is 4. The minimum absolute atomic E-state index is 0.190. The summed E-state index contributed by atoms with van der Waals surface area (Å²) in [7, 11) is 0. The Labute approximate surface area is 292 Å². The highest BCUT2D eigenvalue weighted by atomic mass is 32.2. The summed E-state index contributed by atoms with van der Waals surface area (Å²) in [4.78, 5) is 54.6. The number of carbonyl (C=O) groups excluding carboxylic acids is 4. The van der Waals surface area contributed by atoms with Crippen molar-refractivity contribution in [2.75, 3.05) is 77.1 Å². The predicted molar refractivity (Wildman–Crippen MR) is 195 cm³/mol. The summed E-state index contributed by atoms with van der Waals surface area (Å²) in [6.45, 7) is 32.3. The maximum Gasteiger partial charge on any atom is 0.228 e. The largest absolute Gasteiger partial charge is 0.378 e. The monoisotopic (exact) mass is 683 g/mol. The van der Waals surface area contributed by atoms with Crippen molar-refractivity contribution < 1.29 is 23.9 Å². The lowest BCUT2D eigenvalue weighted by Gasteiger charge is -2.32. The van der Waals surface area contributed by atoms with Crippen LogP contribution in [-0.2, 0) is 23.9 Å². The first kappa shape index (κ1) is 43.2. The summed E-state index contributed by atoms with van der Waals surface area (Å²) in [5.41, 5.74) is -0.846. The molecule has 0 N–H and O–H groups in total. The Morgan fingerprint density at radius 1 is 0.404 bits per heavy atom. The van der Waals surface area contributed by atoms with Crippen LogP contribution in [0.2, 0.25) is 0 Å². The Morgan fingerprint density at radius 3 is 0.957 bits per heavy atom. The highest BCUT2D eigenvalue weighted by Gasteiger charge is 2.30. The lowest BCUT2D eigenvalue weighted by molar-refractivity contribution is -0.143. The zero-order valence-electron chi connectivity index (χ0n) is 32.3. The number of thioether (sulfide) groups is 1. The van der Waals surface area contributed by atoms with Crippen LogP contribution in [0, 0.1) is 21.7 Å². The lowest BCUT2D eigenvalue weighted by atomic mass is 9.93. The molecular formula is C37H70N4O5S. The van der Waals surface area contributed by atoms with Gasteiger partial charge in [0.25, 0.3) is 0 Å². The molecule has 4 heterocycles. The topological polar surface area (TPSA) is 90.5 Å². The zero-order valence-corrected chi connectivity index (χ0v) is 33.1. The van der Waals surface area contributed by atoms with Crippen molar-refractivity contribution in [3.05, 3.63) is 0 Å². The summed E-state index contributed by atoms with van der Waals surface area (Å²) in [5, 5.41) is 0. The second kappa shape index (κ2) is 19.4. The fourth-order valence-corrected chi connectivity index (χ4v) is 6.35. The van der Waals surface area contributed by atoms with Crippen LogP contribution < -0.4 is 0 Å². The van der Waals surface area contributed by atoms with Crippen LogP contribution in [0.5, 0.6) is 0 Å². The molecule has 0 aliphatic carbocycles. The van der Waals surface area contributed by atoms with E-state index in [4.69, 9.17) is 4.74 Å². The second-order valence-electron chi connectivity index (χ2n) is 17.2. The van der Waals surface area contributed by atoms with Gasteiger partial charge < -0.3 is 24.3 Å². The molecule has 0 aromatic rings. The minimum atomic E-state index is -0.253. The molecule has 4 aliphatic rings. The summed E-state index contributed by atoms with van der Waals surface area (Å²) in [6, 6.07) is 0. The van der Waals surface area contributed by atoms with E-state index in [0.717, 1.165) is 63.9 Å². The minimum Gasteiger partial charge on any atom is -0.378 e. The smallest absolute Gasteiger partial charge is 0.228 e. The molecule has 0 unspecified atom stereocenters. The van der Waals surface area contributed by atoms with Crippen molar-refractivity contribution in [1.82, 2.24) is 19.6 Å². The normalized spacial score (nSPS) is 19.3. The fraction of sp³-hybridized carbons (Fsp3) is 0.892. The quantitative estimate of drug-likeness (QED) is 0.302. The predicted octanol–water partition coefficient (Wildman–Crippen LogP) is 6.20. The number of hydrogen-bond donors (Lipinski definition) is 0. The number of amides is 4. The average Bonchev–Trinajstić information content (AvgIpc) is 3.55. The molecule has 0 aromatic carbocycles. The van der Waals surface area contributed by atoms with Crippen LogP contribution in [0.1, 0.15) is 115 Å². The number of likely N-dealkylation sites (tertiary alicyclic amines) is 2. The lowest BCUT2D eigenvalue weighted by Crippen LogP contribution is -2.45. The molecule has 47 heavy (non-hydrogen) atoms. The fourth-order valence-electron chi connectivity index (χ4n) is 5.45. The van der Waals surface area contributed by atoms with Gasteiger partial charge >= 0.3 is 0 Å². The second-order valence-corrected chi connectivity index (χ2v) is 18.4. The Balaban J connectivity index is 0.000000314. The molecule has 10 heteroatoms. The zero-order chi connectivity index (χ0) is 36.1. The van der Waals surface area contributed by atoms with Gasteiger partial charge in [0.1, 0.15) is 0 Å². The van der Waals surface area contributed by atoms with Crippen molar-refractivity contribution in [3.63, 3.8) is 0 Å². The van der Waals surface area contributed by atoms with E-state index in [-0.39, 0.29) is 27.6 Å². The molecule has 4 fully saturated rings. The molecule has 0 spiro atoms. The van der Waals surface area contributed by atoms with Gasteiger partial charge in [-0.05, 0) is 32.1 Å². The van der Waals surface area contributed by atoms with E-state index in [9.17, 15) is 19.2 Å². The van der Waals surface area contributed by atoms with Crippen molar-refractivity contribution in [2.24, 2.45) is 21.7 Å². The number of rotatable bonds is 0. The Bertz CT molecular complexity index is 872. The summed E-state index contributed by atoms with van der Waals surface area (Å²) in [6.07, 6.45) is 6.02. The molecule has 9 nitrogen and oxygen atoms in total. The van der Waals surface area contributed by atoms with E-state index in [0.29, 0.717) is 30.9 Å². The van der Waals surface area contributed by atoms with E-state index in [1.54, 1.807) is 0 Å². The molecule has 4 saturated heterocycles. The van der Waals surface area contributed by atoms with Crippen molar-refractivity contribution in [1.29, 1.82) is 0 Å². The number of ether oxygens (including phenoxy) is 1. The third-order valence-corrected chi connectivity index (χ3v) is 9.14. The van der Waals surface area contributed by atoms with Gasteiger partial charge in [-0.3, -0.25) is 19.2 Å². The first-order valence-electron chi connectivity index (χ1n) is 17.9. The molecule has 0 bridgehead atoms. The van der Waals surface area contributed by atoms with Gasteiger partial charge in [-0.25, -0.2) is 0 Å². The van der Waals surface area contributed by atoms with Gasteiger partial charge in [0.2, 0.25) is 23.6 Å². The van der Waals surface area contributed by atoms with E-state index in [1.165, 1.54) is 32.1 Å². The van der Waals surface area contributed by atoms with Crippen LogP contribution in [0.25, 0.3) is 0 Å². The highest BCUT2D eigenvalue weighted by Crippen LogP contribution is 2.22. The van der Waals surface area contributed by atoms with E-state index in [1.807, 2.05) is 114 Å². The number of piperidine rings is 1. The third-order valence-electron chi connectivity index (χ3n) is 8.20. The van der Waals surface area contributed by atoms with Gasteiger partial charge in [0.15, 0.2) is 0 Å². The molecule has 4 rings (SSSR count). The highest BCUT2D eigenvalue weighted by molar-refractivity contribution is 7.99. The van der Waals surface area contributed by atoms with Crippen LogP contribution in [0.4, 0.5) is 0 Å². The first-order chi connectivity index (χ1) is 21.6. The summed E-state index contributed by atoms with van der Waals surface area (Å²) < 4.78 is 5.17. The summed E-state index contributed by atoms with van der Waals surface area (Å²) >= 11 is 1.93. The molecule has 0 aromatic heterocycles. The molecule has 274 valence electrons. The average molecular weight is 683 g/mol. The standard InChI is InChI=1S/C10H19NO.C9H17NO2.C9H17NOS.C9H17NO/c1-10(2,3)9(12)11-7-5-4-6-8-11;2*1-9(2,3)8(11)10-4-6-12-7-5-10;1-9(2,3)8(11)10-6-4-5-7-10/h4-8H2,1-3H3;2*4-7H2,1-3H3;4-7H2,1-3H3. The number of hydrogen-bond acceptors (Lipinski definition) is 6. The number of nitrogens with zero attached hydrogens (tertiary/aromatic N) is 4. The Kier molecular flexibility index (Phi) is 17.8. The Hall–Kier alpha value is -1.81. The van der Waals surface area contributed by atoms with Gasteiger partial charge in [0, 0.05) is 85.5 Å². The molecule has 4 aliphatic heterocycles. The molecule has 4 amide bonds. The van der Waals surface area contributed by atoms with Crippen molar-refractivity contribution in [2.45, 2.75) is 115 Å². The first-order valence-corrected chi connectivity index (χ1v) is 19.1. The van der Waals surface area contributed by atoms with Gasteiger partial charge in [-0.2, -0.15) is 11.8 Å². The van der Waals surface area contributed by atoms with E-state index >= 15 is 0 Å². The SMILES string of the molecule is CC(C)(C)C(=O)N1CCCC1.CC(C)(C)C(=O)N1CCCCC1.CC(C)(C)C(=O)N1CCOCC1.CC(C)(C)C(=O)N1CCSCC1. The van der Waals surface area contributed by atoms with Crippen LogP contribution in [0.15, 0.2) is 0 Å². The van der Waals surface area contributed by atoms with Crippen molar-refractivity contribution >= 4 is 35.4 Å². The van der Waals surface area contributed by atoms with Crippen LogP contribution in [-0.4, -0.2) is 120 Å². The molecule has 0 saturated carbocycles. The van der Waals surface area contributed by atoms with Crippen molar-refractivity contribution in [3.8, 4) is 0 Å². The van der Waals surface area contributed by atoms with Gasteiger partial charge in [-0.15, -0.1) is 0 Å². The van der Waals surface area contributed by atoms with Gasteiger partial charge in [-0.1, -0.05) is 83.1 Å². The van der Waals surface area contributed by atoms with E-state index < -0.39 is 0 Å². The van der Waals surface area contributed by atoms with E-state index in [2.05, 4.69) is 0 Å². The third kappa shape index (κ3) is 16.4. The van der Waals surface area contributed by atoms with Gasteiger partial charge in [0.05, 0.1) is 13.2 Å². The maximum atomic E-state index is 11.7.